The van der Waals surface area contributed by atoms with E-state index in [0.717, 1.165) is 0 Å². The molecule has 0 saturated heterocycles. The van der Waals surface area contributed by atoms with E-state index >= 15 is 0 Å². The van der Waals surface area contributed by atoms with E-state index in [2.05, 4.69) is 5.32 Å². The molecule has 0 fully saturated rings. The van der Waals surface area contributed by atoms with Gasteiger partial charge in [-0.15, -0.1) is 0 Å². The standard InChI is InChI=1S/C22H19NO5/c1-26-18-11-7-8-16(14-18)23-21(24)15-27-22(25)19-12-5-6-13-20(19)28-17-9-3-2-4-10-17/h2-14H,15H2,1H3,(H,23,24). The van der Waals surface area contributed by atoms with E-state index in [0.29, 0.717) is 22.9 Å². The highest BCUT2D eigenvalue weighted by atomic mass is 16.5. The fourth-order valence-electron chi connectivity index (χ4n) is 2.45. The Morgan fingerprint density at radius 1 is 0.857 bits per heavy atom. The first-order valence-corrected chi connectivity index (χ1v) is 8.58. The van der Waals surface area contributed by atoms with E-state index in [1.807, 2.05) is 18.2 Å². The van der Waals surface area contributed by atoms with Gasteiger partial charge >= 0.3 is 5.97 Å². The molecular formula is C22H19NO5. The number of carbonyl (C=O) groups excluding carboxylic acids is 2. The number of methoxy groups -OCH3 is 1. The van der Waals surface area contributed by atoms with E-state index < -0.39 is 18.5 Å². The van der Waals surface area contributed by atoms with Crippen LogP contribution in [0.2, 0.25) is 0 Å². The van der Waals surface area contributed by atoms with Crippen molar-refractivity contribution in [2.75, 3.05) is 19.0 Å². The summed E-state index contributed by atoms with van der Waals surface area (Å²) >= 11 is 0. The van der Waals surface area contributed by atoms with Gasteiger partial charge in [0.25, 0.3) is 5.91 Å². The maximum atomic E-state index is 12.4. The summed E-state index contributed by atoms with van der Waals surface area (Å²) in [6, 6.07) is 22.7. The molecule has 1 amide bonds. The highest BCUT2D eigenvalue weighted by Gasteiger charge is 2.16. The van der Waals surface area contributed by atoms with Crippen molar-refractivity contribution in [3.8, 4) is 17.2 Å². The maximum absolute atomic E-state index is 12.4. The number of hydrogen-bond acceptors (Lipinski definition) is 5. The lowest BCUT2D eigenvalue weighted by atomic mass is 10.2. The quantitative estimate of drug-likeness (QED) is 0.622. The molecule has 0 saturated carbocycles. The van der Waals surface area contributed by atoms with Gasteiger partial charge in [-0.05, 0) is 36.4 Å². The lowest BCUT2D eigenvalue weighted by molar-refractivity contribution is -0.119. The molecule has 3 rings (SSSR count). The summed E-state index contributed by atoms with van der Waals surface area (Å²) in [6.07, 6.45) is 0. The minimum Gasteiger partial charge on any atom is -0.497 e. The van der Waals surface area contributed by atoms with Crippen LogP contribution in [0.25, 0.3) is 0 Å². The number of benzene rings is 3. The Hall–Kier alpha value is -3.80. The highest BCUT2D eigenvalue weighted by molar-refractivity contribution is 5.96. The molecule has 0 spiro atoms. The van der Waals surface area contributed by atoms with Gasteiger partial charge in [-0.1, -0.05) is 36.4 Å². The Labute approximate surface area is 162 Å². The number of hydrogen-bond donors (Lipinski definition) is 1. The number of rotatable bonds is 7. The smallest absolute Gasteiger partial charge is 0.342 e. The normalized spacial score (nSPS) is 10.0. The average molecular weight is 377 g/mol. The van der Waals surface area contributed by atoms with E-state index in [1.165, 1.54) is 7.11 Å². The highest BCUT2D eigenvalue weighted by Crippen LogP contribution is 2.25. The second kappa shape index (κ2) is 9.23. The van der Waals surface area contributed by atoms with Gasteiger partial charge < -0.3 is 19.5 Å². The minimum absolute atomic E-state index is 0.237. The third-order valence-corrected chi connectivity index (χ3v) is 3.77. The molecule has 3 aromatic carbocycles. The van der Waals surface area contributed by atoms with Crippen molar-refractivity contribution in [1.82, 2.24) is 0 Å². The van der Waals surface area contributed by atoms with Gasteiger partial charge in [-0.2, -0.15) is 0 Å². The Bertz CT molecular complexity index is 956. The van der Waals surface area contributed by atoms with Crippen molar-refractivity contribution in [2.45, 2.75) is 0 Å². The van der Waals surface area contributed by atoms with E-state index in [4.69, 9.17) is 14.2 Å². The van der Waals surface area contributed by atoms with Gasteiger partial charge in [-0.3, -0.25) is 4.79 Å². The summed E-state index contributed by atoms with van der Waals surface area (Å²) in [6.45, 7) is -0.421. The molecule has 0 aliphatic carbocycles. The summed E-state index contributed by atoms with van der Waals surface area (Å²) in [7, 11) is 1.54. The molecule has 0 radical (unpaired) electrons. The maximum Gasteiger partial charge on any atom is 0.342 e. The molecule has 0 aliphatic heterocycles. The minimum atomic E-state index is -0.646. The summed E-state index contributed by atoms with van der Waals surface area (Å²) in [4.78, 5) is 24.5. The van der Waals surface area contributed by atoms with Crippen LogP contribution in [0, 0.1) is 0 Å². The van der Waals surface area contributed by atoms with Crippen LogP contribution >= 0.6 is 0 Å². The van der Waals surface area contributed by atoms with Crippen LogP contribution < -0.4 is 14.8 Å². The first kappa shape index (κ1) is 19.0. The molecule has 0 bridgehead atoms. The fraction of sp³-hybridized carbons (Fsp3) is 0.0909. The van der Waals surface area contributed by atoms with E-state index in [9.17, 15) is 9.59 Å². The zero-order valence-electron chi connectivity index (χ0n) is 15.3. The Morgan fingerprint density at radius 3 is 2.36 bits per heavy atom. The van der Waals surface area contributed by atoms with Crippen molar-refractivity contribution in [3.05, 3.63) is 84.4 Å². The molecule has 6 heteroatoms. The van der Waals surface area contributed by atoms with Crippen molar-refractivity contribution in [1.29, 1.82) is 0 Å². The van der Waals surface area contributed by atoms with Gasteiger partial charge in [0.2, 0.25) is 0 Å². The van der Waals surface area contributed by atoms with Crippen molar-refractivity contribution in [3.63, 3.8) is 0 Å². The lowest BCUT2D eigenvalue weighted by Crippen LogP contribution is -2.21. The fourth-order valence-corrected chi connectivity index (χ4v) is 2.45. The summed E-state index contributed by atoms with van der Waals surface area (Å²) < 4.78 is 16.0. The zero-order valence-corrected chi connectivity index (χ0v) is 15.3. The number of esters is 1. The molecular weight excluding hydrogens is 358 g/mol. The van der Waals surface area contributed by atoms with E-state index in [1.54, 1.807) is 60.7 Å². The third kappa shape index (κ3) is 5.11. The van der Waals surface area contributed by atoms with Crippen LogP contribution in [0.5, 0.6) is 17.2 Å². The molecule has 6 nitrogen and oxygen atoms in total. The molecule has 0 atom stereocenters. The van der Waals surface area contributed by atoms with Crippen LogP contribution in [0.15, 0.2) is 78.9 Å². The lowest BCUT2D eigenvalue weighted by Gasteiger charge is -2.11. The Morgan fingerprint density at radius 2 is 1.57 bits per heavy atom. The van der Waals surface area contributed by atoms with Crippen LogP contribution in [0.1, 0.15) is 10.4 Å². The van der Waals surface area contributed by atoms with Gasteiger partial charge in [-0.25, -0.2) is 4.79 Å². The van der Waals surface area contributed by atoms with Crippen molar-refractivity contribution < 1.29 is 23.8 Å². The molecule has 0 heterocycles. The van der Waals surface area contributed by atoms with Gasteiger partial charge in [0.05, 0.1) is 7.11 Å². The number of amides is 1. The van der Waals surface area contributed by atoms with Gasteiger partial charge in [0.1, 0.15) is 22.8 Å². The Balaban J connectivity index is 1.61. The predicted octanol–water partition coefficient (Wildman–Crippen LogP) is 4.28. The predicted molar refractivity (Wildman–Crippen MR) is 105 cm³/mol. The monoisotopic (exact) mass is 377 g/mol. The Kier molecular flexibility index (Phi) is 6.25. The summed E-state index contributed by atoms with van der Waals surface area (Å²) in [5.74, 6) is 0.461. The molecule has 0 unspecified atom stereocenters. The number of nitrogens with one attached hydrogen (secondary N) is 1. The van der Waals surface area contributed by atoms with Crippen LogP contribution in [-0.4, -0.2) is 25.6 Å². The molecule has 0 aliphatic rings. The largest absolute Gasteiger partial charge is 0.497 e. The van der Waals surface area contributed by atoms with Crippen LogP contribution in [0.4, 0.5) is 5.69 Å². The zero-order chi connectivity index (χ0) is 19.8. The van der Waals surface area contributed by atoms with Crippen molar-refractivity contribution in [2.24, 2.45) is 0 Å². The molecule has 142 valence electrons. The number of anilines is 1. The molecule has 0 aromatic heterocycles. The first-order valence-electron chi connectivity index (χ1n) is 8.58. The second-order valence-corrected chi connectivity index (χ2v) is 5.77. The number of para-hydroxylation sites is 2. The summed E-state index contributed by atoms with van der Waals surface area (Å²) in [5, 5.41) is 2.65. The average Bonchev–Trinajstić information content (AvgIpc) is 2.73. The summed E-state index contributed by atoms with van der Waals surface area (Å²) in [5.41, 5.74) is 0.786. The van der Waals surface area contributed by atoms with E-state index in [-0.39, 0.29) is 5.56 Å². The van der Waals surface area contributed by atoms with Crippen molar-refractivity contribution >= 4 is 17.6 Å². The third-order valence-electron chi connectivity index (χ3n) is 3.77. The van der Waals surface area contributed by atoms with Gasteiger partial charge in [0.15, 0.2) is 6.61 Å². The SMILES string of the molecule is COc1cccc(NC(=O)COC(=O)c2ccccc2Oc2ccccc2)c1. The molecule has 1 N–H and O–H groups in total. The second-order valence-electron chi connectivity index (χ2n) is 5.77. The number of carbonyl (C=O) groups is 2. The van der Waals surface area contributed by atoms with Crippen LogP contribution in [0.3, 0.4) is 0 Å². The first-order chi connectivity index (χ1) is 13.7. The van der Waals surface area contributed by atoms with Crippen LogP contribution in [-0.2, 0) is 9.53 Å². The molecule has 28 heavy (non-hydrogen) atoms. The number of ether oxygens (including phenoxy) is 3. The topological polar surface area (TPSA) is 73.9 Å². The van der Waals surface area contributed by atoms with Gasteiger partial charge in [0, 0.05) is 11.8 Å². The molecule has 3 aromatic rings.